The molecular formula is C23H34BrNO. The molecule has 2 unspecified atom stereocenters. The summed E-state index contributed by atoms with van der Waals surface area (Å²) in [5.41, 5.74) is 3.89. The Morgan fingerprint density at radius 2 is 1.96 bits per heavy atom. The Kier molecular flexibility index (Phi) is 6.82. The molecule has 26 heavy (non-hydrogen) atoms. The van der Waals surface area contributed by atoms with Crippen LogP contribution < -0.4 is 4.90 Å². The summed E-state index contributed by atoms with van der Waals surface area (Å²) in [4.78, 5) is 15.5. The van der Waals surface area contributed by atoms with E-state index in [2.05, 4.69) is 59.8 Å². The molecule has 1 aliphatic heterocycles. The van der Waals surface area contributed by atoms with Crippen molar-refractivity contribution >= 4 is 27.5 Å². The van der Waals surface area contributed by atoms with Gasteiger partial charge in [0.15, 0.2) is 0 Å². The highest BCUT2D eigenvalue weighted by atomic mass is 79.9. The number of nitrogens with zero attached hydrogens (tertiary/aromatic N) is 1. The summed E-state index contributed by atoms with van der Waals surface area (Å²) in [5, 5.41) is 0. The molecule has 2 aliphatic rings. The van der Waals surface area contributed by atoms with Crippen LogP contribution in [0.15, 0.2) is 18.2 Å². The first kappa shape index (κ1) is 19.9. The smallest absolute Gasteiger partial charge is 0.227 e. The van der Waals surface area contributed by atoms with E-state index in [0.717, 1.165) is 30.9 Å². The predicted molar refractivity (Wildman–Crippen MR) is 114 cm³/mol. The van der Waals surface area contributed by atoms with Crippen LogP contribution in [0.4, 0.5) is 5.69 Å². The number of benzene rings is 1. The van der Waals surface area contributed by atoms with Crippen molar-refractivity contribution in [1.29, 1.82) is 0 Å². The lowest BCUT2D eigenvalue weighted by molar-refractivity contribution is -0.119. The lowest BCUT2D eigenvalue weighted by atomic mass is 9.86. The standard InChI is InChI=1S/C23H34BrNO/c1-16(2)21(24)15-19-9-11-22-20(14-19)13-17(3)25(22)23(26)12-10-18-7-5-4-6-8-18/h9,11,14,16-18,21H,4-8,10,12-13,15H2,1-3H3. The molecule has 0 saturated heterocycles. The van der Waals surface area contributed by atoms with Crippen molar-refractivity contribution in [1.82, 2.24) is 0 Å². The minimum absolute atomic E-state index is 0.295. The molecule has 144 valence electrons. The highest BCUT2D eigenvalue weighted by Crippen LogP contribution is 2.35. The first-order valence-electron chi connectivity index (χ1n) is 10.5. The van der Waals surface area contributed by atoms with E-state index in [4.69, 9.17) is 0 Å². The fraction of sp³-hybridized carbons (Fsp3) is 0.696. The maximum absolute atomic E-state index is 12.9. The van der Waals surface area contributed by atoms with Crippen LogP contribution in [0.25, 0.3) is 0 Å². The van der Waals surface area contributed by atoms with Gasteiger partial charge in [-0.05, 0) is 55.2 Å². The van der Waals surface area contributed by atoms with E-state index in [1.807, 2.05) is 0 Å². The Morgan fingerprint density at radius 1 is 1.23 bits per heavy atom. The van der Waals surface area contributed by atoms with E-state index in [-0.39, 0.29) is 0 Å². The SMILES string of the molecule is CC(C)C(Br)Cc1ccc2c(c1)CC(C)N2C(=O)CCC1CCCCC1. The second kappa shape index (κ2) is 8.91. The van der Waals surface area contributed by atoms with Gasteiger partial charge in [0, 0.05) is 23.0 Å². The maximum atomic E-state index is 12.9. The molecule has 0 aromatic heterocycles. The zero-order chi connectivity index (χ0) is 18.7. The molecular weight excluding hydrogens is 386 g/mol. The molecule has 1 amide bonds. The van der Waals surface area contributed by atoms with Crippen LogP contribution in [0.1, 0.15) is 76.8 Å². The van der Waals surface area contributed by atoms with Crippen LogP contribution in [0.3, 0.4) is 0 Å². The number of hydrogen-bond acceptors (Lipinski definition) is 1. The molecule has 1 fully saturated rings. The van der Waals surface area contributed by atoms with Crippen LogP contribution in [-0.4, -0.2) is 16.8 Å². The summed E-state index contributed by atoms with van der Waals surface area (Å²) in [5.74, 6) is 1.73. The van der Waals surface area contributed by atoms with Gasteiger partial charge in [-0.15, -0.1) is 0 Å². The Balaban J connectivity index is 1.64. The topological polar surface area (TPSA) is 20.3 Å². The van der Waals surface area contributed by atoms with Gasteiger partial charge in [0.2, 0.25) is 5.91 Å². The molecule has 2 nitrogen and oxygen atoms in total. The second-order valence-corrected chi connectivity index (χ2v) is 9.96. The number of rotatable bonds is 6. The van der Waals surface area contributed by atoms with Gasteiger partial charge in [0.05, 0.1) is 0 Å². The van der Waals surface area contributed by atoms with Crippen LogP contribution in [0.2, 0.25) is 0 Å². The number of hydrogen-bond donors (Lipinski definition) is 0. The molecule has 1 aromatic rings. The van der Waals surface area contributed by atoms with E-state index in [0.29, 0.717) is 29.1 Å². The van der Waals surface area contributed by atoms with E-state index in [1.54, 1.807) is 0 Å². The number of anilines is 1. The first-order chi connectivity index (χ1) is 12.5. The van der Waals surface area contributed by atoms with Crippen molar-refractivity contribution in [2.45, 2.75) is 89.4 Å². The quantitative estimate of drug-likeness (QED) is 0.496. The monoisotopic (exact) mass is 419 g/mol. The molecule has 3 heteroatoms. The number of halogens is 1. The summed E-state index contributed by atoms with van der Waals surface area (Å²) >= 11 is 3.80. The normalized spacial score (nSPS) is 21.9. The third-order valence-corrected chi connectivity index (χ3v) is 7.65. The van der Waals surface area contributed by atoms with E-state index in [1.165, 1.54) is 43.2 Å². The molecule has 1 aliphatic carbocycles. The van der Waals surface area contributed by atoms with Gasteiger partial charge >= 0.3 is 0 Å². The lowest BCUT2D eigenvalue weighted by Gasteiger charge is -2.25. The van der Waals surface area contributed by atoms with Gasteiger partial charge in [-0.1, -0.05) is 74.0 Å². The summed E-state index contributed by atoms with van der Waals surface area (Å²) in [6.45, 7) is 6.70. The molecule has 0 N–H and O–H groups in total. The van der Waals surface area contributed by atoms with E-state index >= 15 is 0 Å². The van der Waals surface area contributed by atoms with Crippen molar-refractivity contribution in [3.05, 3.63) is 29.3 Å². The van der Waals surface area contributed by atoms with Crippen LogP contribution in [0, 0.1) is 11.8 Å². The summed E-state index contributed by atoms with van der Waals surface area (Å²) in [6, 6.07) is 7.03. The molecule has 2 atom stereocenters. The Bertz CT molecular complexity index is 621. The first-order valence-corrected chi connectivity index (χ1v) is 11.4. The Labute approximate surface area is 167 Å². The third kappa shape index (κ3) is 4.71. The number of carbonyl (C=O) groups is 1. The van der Waals surface area contributed by atoms with Crippen molar-refractivity contribution in [3.63, 3.8) is 0 Å². The van der Waals surface area contributed by atoms with Gasteiger partial charge in [-0.3, -0.25) is 4.79 Å². The Morgan fingerprint density at radius 3 is 2.65 bits per heavy atom. The number of fused-ring (bicyclic) bond motifs is 1. The van der Waals surface area contributed by atoms with Crippen LogP contribution in [0.5, 0.6) is 0 Å². The summed E-state index contributed by atoms with van der Waals surface area (Å²) in [6.07, 6.45) is 10.6. The average molecular weight is 420 g/mol. The summed E-state index contributed by atoms with van der Waals surface area (Å²) < 4.78 is 0. The molecule has 0 bridgehead atoms. The van der Waals surface area contributed by atoms with Crippen molar-refractivity contribution < 1.29 is 4.79 Å². The molecule has 1 heterocycles. The van der Waals surface area contributed by atoms with Gasteiger partial charge in [-0.25, -0.2) is 0 Å². The third-order valence-electron chi connectivity index (χ3n) is 6.27. The maximum Gasteiger partial charge on any atom is 0.227 e. The second-order valence-electron chi connectivity index (χ2n) is 8.79. The minimum Gasteiger partial charge on any atom is -0.309 e. The van der Waals surface area contributed by atoms with Gasteiger partial charge in [0.1, 0.15) is 0 Å². The molecule has 0 radical (unpaired) electrons. The zero-order valence-corrected chi connectivity index (χ0v) is 18.2. The molecule has 1 saturated carbocycles. The van der Waals surface area contributed by atoms with Crippen molar-refractivity contribution in [3.8, 4) is 0 Å². The van der Waals surface area contributed by atoms with Gasteiger partial charge in [-0.2, -0.15) is 0 Å². The van der Waals surface area contributed by atoms with E-state index in [9.17, 15) is 4.79 Å². The van der Waals surface area contributed by atoms with E-state index < -0.39 is 0 Å². The fourth-order valence-corrected chi connectivity index (χ4v) is 4.95. The zero-order valence-electron chi connectivity index (χ0n) is 16.6. The Hall–Kier alpha value is -0.830. The minimum atomic E-state index is 0.295. The average Bonchev–Trinajstić information content (AvgIpc) is 2.95. The molecule has 0 spiro atoms. The van der Waals surface area contributed by atoms with Gasteiger partial charge in [0.25, 0.3) is 0 Å². The summed E-state index contributed by atoms with van der Waals surface area (Å²) in [7, 11) is 0. The molecule has 1 aromatic carbocycles. The van der Waals surface area contributed by atoms with Gasteiger partial charge < -0.3 is 4.90 Å². The molecule has 3 rings (SSSR count). The number of carbonyl (C=O) groups excluding carboxylic acids is 1. The lowest BCUT2D eigenvalue weighted by Crippen LogP contribution is -2.35. The largest absolute Gasteiger partial charge is 0.309 e. The predicted octanol–water partition coefficient (Wildman–Crippen LogP) is 6.29. The highest BCUT2D eigenvalue weighted by molar-refractivity contribution is 9.09. The number of alkyl halides is 1. The van der Waals surface area contributed by atoms with Crippen molar-refractivity contribution in [2.24, 2.45) is 11.8 Å². The van der Waals surface area contributed by atoms with Crippen LogP contribution in [-0.2, 0) is 17.6 Å². The number of amides is 1. The fourth-order valence-electron chi connectivity index (χ4n) is 4.58. The van der Waals surface area contributed by atoms with Crippen LogP contribution >= 0.6 is 15.9 Å². The highest BCUT2D eigenvalue weighted by Gasteiger charge is 2.31. The van der Waals surface area contributed by atoms with Crippen molar-refractivity contribution in [2.75, 3.05) is 4.90 Å².